The number of nitrogens with zero attached hydrogens (tertiary/aromatic N) is 5. The Bertz CT molecular complexity index is 3120. The smallest absolute Gasteiger partial charge is 0.327 e. The number of allylic oxidation sites excluding steroid dienone is 8. The molecule has 0 saturated carbocycles. The number of pyridine rings is 1. The van der Waals surface area contributed by atoms with Gasteiger partial charge >= 0.3 is 5.82 Å². The molecule has 2 aromatic carbocycles. The van der Waals surface area contributed by atoms with Gasteiger partial charge in [-0.1, -0.05) is 42.5 Å². The van der Waals surface area contributed by atoms with Gasteiger partial charge in [-0.2, -0.15) is 25.3 Å². The first-order chi connectivity index (χ1) is 32.8. The summed E-state index contributed by atoms with van der Waals surface area (Å²) in [5, 5.41) is 3.75. The lowest BCUT2D eigenvalue weighted by Gasteiger charge is -2.31. The van der Waals surface area contributed by atoms with Crippen LogP contribution in [-0.4, -0.2) is 124 Å². The number of carbonyl (C=O) groups excluding carboxylic acids is 4. The Labute approximate surface area is 406 Å². The third-order valence-corrected chi connectivity index (χ3v) is 14.6. The minimum Gasteiger partial charge on any atom is -0.350 e. The van der Waals surface area contributed by atoms with E-state index in [4.69, 9.17) is 9.83 Å². The van der Waals surface area contributed by atoms with E-state index < -0.39 is 76.3 Å². The quantitative estimate of drug-likeness (QED) is 0.0412. The highest BCUT2D eigenvalue weighted by molar-refractivity contribution is 7.86. The van der Waals surface area contributed by atoms with Crippen molar-refractivity contribution in [3.63, 3.8) is 0 Å². The van der Waals surface area contributed by atoms with Gasteiger partial charge in [0.25, 0.3) is 54.0 Å². The highest BCUT2D eigenvalue weighted by Crippen LogP contribution is 2.52. The standard InChI is InChI=1S/C47H52N6O14S3/c1-46(2)37-29-33(45(57)50(4)67-5)31-51(24-11-27-68(58,59)60)43(37)49-39(46)13-9-7-6-8-10-14-40-47(3,34-17-15-32(16-18-34)44(56)48-23-26-53-41(54)21-22-42(53)55)36-30-35(70(64,65)66)19-20-38(36)52(40)25-12-28-69(61,62)63/h6-10,13-22,29-31H,11-12,23-28H2,1-5H3,(H3-,48,56,58,59,60,61,62,63,64,65,66)/p+1. The number of anilines is 1. The number of carbonyl (C=O) groups is 4. The fourth-order valence-electron chi connectivity index (χ4n) is 8.36. The van der Waals surface area contributed by atoms with Gasteiger partial charge in [0.05, 0.1) is 52.0 Å². The molecule has 20 nitrogen and oxygen atoms in total. The third-order valence-electron chi connectivity index (χ3n) is 12.1. The number of hydrogen-bond acceptors (Lipinski definition) is 13. The monoisotopic (exact) mass is 1020 g/mol. The summed E-state index contributed by atoms with van der Waals surface area (Å²) in [5.74, 6) is -2.44. The van der Waals surface area contributed by atoms with Gasteiger partial charge in [0.1, 0.15) is 6.20 Å². The van der Waals surface area contributed by atoms with Crippen LogP contribution in [0.1, 0.15) is 71.0 Å². The molecule has 3 aromatic rings. The first-order valence-corrected chi connectivity index (χ1v) is 26.4. The van der Waals surface area contributed by atoms with E-state index in [0.717, 1.165) is 22.1 Å². The molecule has 23 heteroatoms. The third kappa shape index (κ3) is 11.9. The summed E-state index contributed by atoms with van der Waals surface area (Å²) in [6.45, 7) is 5.82. The van der Waals surface area contributed by atoms with E-state index in [2.05, 4.69) is 5.32 Å². The maximum absolute atomic E-state index is 13.1. The van der Waals surface area contributed by atoms with Crippen LogP contribution in [0.2, 0.25) is 0 Å². The Morgan fingerprint density at radius 2 is 1.43 bits per heavy atom. The molecule has 1 atom stereocenters. The van der Waals surface area contributed by atoms with E-state index in [1.807, 2.05) is 20.8 Å². The van der Waals surface area contributed by atoms with Crippen LogP contribution in [0.5, 0.6) is 0 Å². The average Bonchev–Trinajstić information content (AvgIpc) is 3.84. The van der Waals surface area contributed by atoms with E-state index in [0.29, 0.717) is 39.6 Å². The number of nitrogens with one attached hydrogen (secondary N) is 1. The number of benzene rings is 2. The molecule has 3 aliphatic heterocycles. The summed E-state index contributed by atoms with van der Waals surface area (Å²) < 4.78 is 102. The van der Waals surface area contributed by atoms with Crippen LogP contribution in [0.4, 0.5) is 11.5 Å². The first-order valence-electron chi connectivity index (χ1n) is 21.7. The summed E-state index contributed by atoms with van der Waals surface area (Å²) in [5.41, 5.74) is 2.02. The number of aryl methyl sites for hydroxylation is 1. The molecule has 372 valence electrons. The predicted octanol–water partition coefficient (Wildman–Crippen LogP) is 3.81. The van der Waals surface area contributed by atoms with Crippen molar-refractivity contribution >= 4 is 71.2 Å². The summed E-state index contributed by atoms with van der Waals surface area (Å²) in [6, 6.07) is 12.2. The van der Waals surface area contributed by atoms with Crippen LogP contribution < -0.4 is 14.8 Å². The molecule has 70 heavy (non-hydrogen) atoms. The van der Waals surface area contributed by atoms with Crippen molar-refractivity contribution in [3.8, 4) is 0 Å². The molecule has 4 amide bonds. The summed E-state index contributed by atoms with van der Waals surface area (Å²) in [6.07, 6.45) is 16.1. The molecule has 4 N–H and O–H groups in total. The lowest BCUT2D eigenvalue weighted by molar-refractivity contribution is -0.684. The number of rotatable bonds is 20. The summed E-state index contributed by atoms with van der Waals surface area (Å²) in [4.78, 5) is 62.5. The van der Waals surface area contributed by atoms with Crippen LogP contribution in [0.15, 0.2) is 125 Å². The zero-order chi connectivity index (χ0) is 51.4. The number of hydrogen-bond donors (Lipinski definition) is 4. The first kappa shape index (κ1) is 52.9. The van der Waals surface area contributed by atoms with Crippen molar-refractivity contribution in [2.75, 3.05) is 50.2 Å². The maximum atomic E-state index is 13.1. The van der Waals surface area contributed by atoms with E-state index in [-0.39, 0.29) is 55.0 Å². The van der Waals surface area contributed by atoms with E-state index in [9.17, 15) is 58.1 Å². The molecule has 3 aliphatic rings. The van der Waals surface area contributed by atoms with Crippen LogP contribution in [0.3, 0.4) is 0 Å². The molecular weight excluding hydrogens is 969 g/mol. The Kier molecular flexibility index (Phi) is 15.8. The number of fused-ring (bicyclic) bond motifs is 2. The minimum atomic E-state index is -4.69. The van der Waals surface area contributed by atoms with Crippen molar-refractivity contribution in [2.24, 2.45) is 4.99 Å². The Morgan fingerprint density at radius 1 is 0.800 bits per heavy atom. The topological polar surface area (TPSA) is 279 Å². The molecule has 0 aliphatic carbocycles. The highest BCUT2D eigenvalue weighted by atomic mass is 32.2. The van der Waals surface area contributed by atoms with Crippen molar-refractivity contribution in [3.05, 3.63) is 143 Å². The normalized spacial score (nSPS) is 18.5. The van der Waals surface area contributed by atoms with Crippen molar-refractivity contribution < 1.29 is 67.5 Å². The van der Waals surface area contributed by atoms with Gasteiger partial charge in [-0.25, -0.2) is 9.63 Å². The van der Waals surface area contributed by atoms with Gasteiger partial charge in [0, 0.05) is 62.2 Å². The van der Waals surface area contributed by atoms with Gasteiger partial charge in [-0.3, -0.25) is 42.6 Å². The Morgan fingerprint density at radius 3 is 2.06 bits per heavy atom. The molecule has 0 radical (unpaired) electrons. The number of aliphatic imine (C=N–C) groups is 1. The van der Waals surface area contributed by atoms with Crippen molar-refractivity contribution in [1.29, 1.82) is 0 Å². The second-order valence-electron chi connectivity index (χ2n) is 17.2. The van der Waals surface area contributed by atoms with Crippen molar-refractivity contribution in [2.45, 2.75) is 55.9 Å². The van der Waals surface area contributed by atoms with Gasteiger partial charge in [-0.15, -0.1) is 0 Å². The van der Waals surface area contributed by atoms with E-state index in [1.54, 1.807) is 88.5 Å². The average molecular weight is 1020 g/mol. The lowest BCUT2D eigenvalue weighted by atomic mass is 9.75. The van der Waals surface area contributed by atoms with Gasteiger partial charge in [0.15, 0.2) is 5.71 Å². The number of imide groups is 1. The second-order valence-corrected chi connectivity index (χ2v) is 21.7. The number of aromatic nitrogens is 1. The largest absolute Gasteiger partial charge is 0.350 e. The second kappa shape index (κ2) is 20.9. The summed E-state index contributed by atoms with van der Waals surface area (Å²) in [7, 11) is -10.5. The van der Waals surface area contributed by atoms with Gasteiger partial charge < -0.3 is 10.2 Å². The SMILES string of the molecule is CON(C)C(=O)c1cc2c([n+](CCCS(=O)(=O)O)c1)N=C(/C=C/C=C/C=C/C=C1/N(CCCS(=O)(=O)O)c3ccc(S(=O)(=O)O)cc3C1(C)c1ccc(C(=O)NCCN3C(=O)C=CC3=O)cc1)C2(C)C. The van der Waals surface area contributed by atoms with Gasteiger partial charge in [-0.05, 0) is 91.9 Å². The van der Waals surface area contributed by atoms with E-state index >= 15 is 0 Å². The molecule has 0 saturated heterocycles. The molecular formula is C47H53N6O14S3+. The molecule has 1 aromatic heterocycles. The minimum absolute atomic E-state index is 0.00590. The summed E-state index contributed by atoms with van der Waals surface area (Å²) >= 11 is 0. The molecule has 0 bridgehead atoms. The van der Waals surface area contributed by atoms with Crippen LogP contribution in [0, 0.1) is 0 Å². The Hall–Kier alpha value is -6.47. The Balaban J connectivity index is 1.30. The predicted molar refractivity (Wildman–Crippen MR) is 258 cm³/mol. The fraction of sp³-hybridized carbons (Fsp3) is 0.319. The maximum Gasteiger partial charge on any atom is 0.327 e. The zero-order valence-corrected chi connectivity index (χ0v) is 41.3. The molecule has 0 fully saturated rings. The molecule has 6 rings (SSSR count). The van der Waals surface area contributed by atoms with Crippen LogP contribution >= 0.6 is 0 Å². The molecule has 1 unspecified atom stereocenters. The van der Waals surface area contributed by atoms with E-state index in [1.165, 1.54) is 32.4 Å². The zero-order valence-electron chi connectivity index (χ0n) is 38.8. The van der Waals surface area contributed by atoms with Gasteiger partial charge in [0.2, 0.25) is 0 Å². The molecule has 4 heterocycles. The fourth-order valence-corrected chi connectivity index (χ4v) is 9.86. The highest BCUT2D eigenvalue weighted by Gasteiger charge is 2.46. The number of hydroxylamine groups is 2. The van der Waals surface area contributed by atoms with Crippen molar-refractivity contribution in [1.82, 2.24) is 15.3 Å². The molecule has 0 spiro atoms. The lowest BCUT2D eigenvalue weighted by Crippen LogP contribution is -2.38. The van der Waals surface area contributed by atoms with Crippen LogP contribution in [-0.2, 0) is 62.2 Å². The van der Waals surface area contributed by atoms with Crippen LogP contribution in [0.25, 0.3) is 0 Å². The number of amides is 4.